The first-order valence-electron chi connectivity index (χ1n) is 7.35. The van der Waals surface area contributed by atoms with Crippen LogP contribution in [0.3, 0.4) is 0 Å². The summed E-state index contributed by atoms with van der Waals surface area (Å²) in [6.07, 6.45) is 1.94. The number of urea groups is 1. The summed E-state index contributed by atoms with van der Waals surface area (Å²) in [5.74, 6) is -0.972. The van der Waals surface area contributed by atoms with Crippen LogP contribution in [0.2, 0.25) is 0 Å². The van der Waals surface area contributed by atoms with Crippen molar-refractivity contribution in [1.29, 1.82) is 0 Å². The summed E-state index contributed by atoms with van der Waals surface area (Å²) in [6, 6.07) is 6.40. The minimum Gasteiger partial charge on any atom is -0.478 e. The zero-order valence-electron chi connectivity index (χ0n) is 12.9. The molecule has 1 aromatic carbocycles. The maximum Gasteiger partial charge on any atom is 0.335 e. The summed E-state index contributed by atoms with van der Waals surface area (Å²) >= 11 is 0. The lowest BCUT2D eigenvalue weighted by Gasteiger charge is -2.29. The van der Waals surface area contributed by atoms with E-state index in [1.165, 1.54) is 12.1 Å². The van der Waals surface area contributed by atoms with Gasteiger partial charge in [0.05, 0.1) is 17.7 Å². The van der Waals surface area contributed by atoms with E-state index in [2.05, 4.69) is 5.32 Å². The minimum atomic E-state index is -0.972. The number of aromatic carboxylic acids is 1. The van der Waals surface area contributed by atoms with Crippen molar-refractivity contribution in [2.24, 2.45) is 0 Å². The first kappa shape index (κ1) is 16.3. The average molecular weight is 306 g/mol. The summed E-state index contributed by atoms with van der Waals surface area (Å²) in [5.41, 5.74) is 0.123. The molecule has 0 saturated heterocycles. The highest BCUT2D eigenvalue weighted by atomic mass is 16.4. The number of benzene rings is 1. The Kier molecular flexibility index (Phi) is 4.71. The third-order valence-electron chi connectivity index (χ3n) is 3.45. The van der Waals surface area contributed by atoms with Crippen LogP contribution in [0.1, 0.15) is 42.6 Å². The van der Waals surface area contributed by atoms with E-state index in [1.54, 1.807) is 30.9 Å². The van der Waals surface area contributed by atoms with Crippen LogP contribution in [0.4, 0.5) is 4.79 Å². The SMILES string of the molecule is CC(C)(O)CN(C(=O)NCc1ccc(C(=O)O)cc1)C1CC1. The molecule has 1 aromatic rings. The minimum absolute atomic E-state index is 0.202. The van der Waals surface area contributed by atoms with Gasteiger partial charge < -0.3 is 20.4 Å². The molecule has 6 nitrogen and oxygen atoms in total. The molecule has 22 heavy (non-hydrogen) atoms. The molecule has 120 valence electrons. The molecule has 3 N–H and O–H groups in total. The number of amides is 2. The van der Waals surface area contributed by atoms with Crippen molar-refractivity contribution in [3.63, 3.8) is 0 Å². The zero-order valence-corrected chi connectivity index (χ0v) is 12.9. The standard InChI is InChI=1S/C16H22N2O4/c1-16(2,22)10-18(13-7-8-13)15(21)17-9-11-3-5-12(6-4-11)14(19)20/h3-6,13,22H,7-10H2,1-2H3,(H,17,21)(H,19,20). The molecule has 0 aliphatic heterocycles. The predicted molar refractivity (Wildman–Crippen MR) is 81.7 cm³/mol. The number of aliphatic hydroxyl groups is 1. The molecule has 1 aliphatic carbocycles. The quantitative estimate of drug-likeness (QED) is 0.748. The number of carbonyl (C=O) groups is 2. The van der Waals surface area contributed by atoms with Crippen LogP contribution in [0.5, 0.6) is 0 Å². The van der Waals surface area contributed by atoms with Crippen molar-refractivity contribution < 1.29 is 19.8 Å². The average Bonchev–Trinajstić information content (AvgIpc) is 3.26. The molecule has 0 unspecified atom stereocenters. The van der Waals surface area contributed by atoms with Gasteiger partial charge in [-0.1, -0.05) is 12.1 Å². The van der Waals surface area contributed by atoms with Crippen molar-refractivity contribution in [3.05, 3.63) is 35.4 Å². The lowest BCUT2D eigenvalue weighted by Crippen LogP contribution is -2.47. The van der Waals surface area contributed by atoms with Crippen LogP contribution < -0.4 is 5.32 Å². The number of nitrogens with one attached hydrogen (secondary N) is 1. The molecule has 0 aromatic heterocycles. The Hall–Kier alpha value is -2.08. The van der Waals surface area contributed by atoms with E-state index in [0.717, 1.165) is 18.4 Å². The summed E-state index contributed by atoms with van der Waals surface area (Å²) in [4.78, 5) is 24.7. The highest BCUT2D eigenvalue weighted by molar-refractivity contribution is 5.87. The first-order valence-corrected chi connectivity index (χ1v) is 7.35. The summed E-state index contributed by atoms with van der Waals surface area (Å²) < 4.78 is 0. The van der Waals surface area contributed by atoms with E-state index in [0.29, 0.717) is 13.1 Å². The van der Waals surface area contributed by atoms with Gasteiger partial charge in [-0.2, -0.15) is 0 Å². The number of nitrogens with zero attached hydrogens (tertiary/aromatic N) is 1. The zero-order chi connectivity index (χ0) is 16.3. The van der Waals surface area contributed by atoms with Crippen LogP contribution in [0.25, 0.3) is 0 Å². The Morgan fingerprint density at radius 2 is 1.86 bits per heavy atom. The van der Waals surface area contributed by atoms with Crippen molar-refractivity contribution >= 4 is 12.0 Å². The second-order valence-corrected chi connectivity index (χ2v) is 6.33. The van der Waals surface area contributed by atoms with Crippen LogP contribution in [-0.2, 0) is 6.54 Å². The molecule has 2 amide bonds. The van der Waals surface area contributed by atoms with Gasteiger partial charge in [0.2, 0.25) is 0 Å². The molecule has 0 atom stereocenters. The first-order chi connectivity index (χ1) is 10.3. The van der Waals surface area contributed by atoms with Crippen molar-refractivity contribution in [1.82, 2.24) is 10.2 Å². The summed E-state index contributed by atoms with van der Waals surface area (Å²) in [7, 11) is 0. The largest absolute Gasteiger partial charge is 0.478 e. The Bertz CT molecular complexity index is 544. The molecule has 2 rings (SSSR count). The molecule has 1 aliphatic rings. The number of rotatable bonds is 6. The van der Waals surface area contributed by atoms with Gasteiger partial charge in [0, 0.05) is 12.6 Å². The highest BCUT2D eigenvalue weighted by Gasteiger charge is 2.35. The Morgan fingerprint density at radius 1 is 1.27 bits per heavy atom. The second kappa shape index (κ2) is 6.36. The maximum atomic E-state index is 12.3. The van der Waals surface area contributed by atoms with Gasteiger partial charge in [0.25, 0.3) is 0 Å². The molecular weight excluding hydrogens is 284 g/mol. The fraction of sp³-hybridized carbons (Fsp3) is 0.500. The van der Waals surface area contributed by atoms with E-state index < -0.39 is 11.6 Å². The summed E-state index contributed by atoms with van der Waals surface area (Å²) in [5, 5.41) is 21.6. The van der Waals surface area contributed by atoms with Gasteiger partial charge in [-0.25, -0.2) is 9.59 Å². The summed E-state index contributed by atoms with van der Waals surface area (Å²) in [6.45, 7) is 3.98. The van der Waals surface area contributed by atoms with E-state index in [1.807, 2.05) is 0 Å². The lowest BCUT2D eigenvalue weighted by molar-refractivity contribution is 0.0444. The molecule has 0 bridgehead atoms. The van der Waals surface area contributed by atoms with Crippen molar-refractivity contribution in [2.45, 2.75) is 44.9 Å². The van der Waals surface area contributed by atoms with Crippen LogP contribution >= 0.6 is 0 Å². The second-order valence-electron chi connectivity index (χ2n) is 6.33. The fourth-order valence-electron chi connectivity index (χ4n) is 2.21. The number of carboxylic acids is 1. The van der Waals surface area contributed by atoms with Crippen molar-refractivity contribution in [2.75, 3.05) is 6.54 Å². The Balaban J connectivity index is 1.91. The van der Waals surface area contributed by atoms with Crippen LogP contribution in [0, 0.1) is 0 Å². The van der Waals surface area contributed by atoms with Gasteiger partial charge in [-0.15, -0.1) is 0 Å². The van der Waals surface area contributed by atoms with Gasteiger partial charge >= 0.3 is 12.0 Å². The van der Waals surface area contributed by atoms with Crippen LogP contribution in [-0.4, -0.2) is 45.3 Å². The van der Waals surface area contributed by atoms with Gasteiger partial charge in [0.15, 0.2) is 0 Å². The van der Waals surface area contributed by atoms with E-state index in [4.69, 9.17) is 5.11 Å². The molecule has 0 radical (unpaired) electrons. The molecule has 1 saturated carbocycles. The normalized spacial score (nSPS) is 14.5. The molecule has 0 spiro atoms. The molecule has 1 fully saturated rings. The lowest BCUT2D eigenvalue weighted by atomic mass is 10.1. The third kappa shape index (κ3) is 4.73. The topological polar surface area (TPSA) is 89.9 Å². The number of hydrogen-bond acceptors (Lipinski definition) is 3. The van der Waals surface area contributed by atoms with Gasteiger partial charge in [-0.3, -0.25) is 0 Å². The van der Waals surface area contributed by atoms with Gasteiger partial charge in [0.1, 0.15) is 0 Å². The number of hydrogen-bond donors (Lipinski definition) is 3. The molecule has 6 heteroatoms. The monoisotopic (exact) mass is 306 g/mol. The Labute approximate surface area is 129 Å². The predicted octanol–water partition coefficient (Wildman–Crippen LogP) is 1.83. The van der Waals surface area contributed by atoms with Crippen molar-refractivity contribution in [3.8, 4) is 0 Å². The highest BCUT2D eigenvalue weighted by Crippen LogP contribution is 2.28. The fourth-order valence-corrected chi connectivity index (χ4v) is 2.21. The number of carbonyl (C=O) groups excluding carboxylic acids is 1. The molecular formula is C16H22N2O4. The maximum absolute atomic E-state index is 12.3. The smallest absolute Gasteiger partial charge is 0.335 e. The number of carboxylic acid groups (broad SMARTS) is 1. The Morgan fingerprint density at radius 3 is 2.32 bits per heavy atom. The third-order valence-corrected chi connectivity index (χ3v) is 3.45. The van der Waals surface area contributed by atoms with Gasteiger partial charge in [-0.05, 0) is 44.4 Å². The van der Waals surface area contributed by atoms with Crippen LogP contribution in [0.15, 0.2) is 24.3 Å². The van der Waals surface area contributed by atoms with E-state index >= 15 is 0 Å². The molecule has 0 heterocycles. The van der Waals surface area contributed by atoms with E-state index in [-0.39, 0.29) is 17.6 Å². The van der Waals surface area contributed by atoms with E-state index in [9.17, 15) is 14.7 Å².